The molecule has 48 heavy (non-hydrogen) atoms. The lowest BCUT2D eigenvalue weighted by Gasteiger charge is -2.25. The van der Waals surface area contributed by atoms with E-state index in [4.69, 9.17) is 4.98 Å². The van der Waals surface area contributed by atoms with Gasteiger partial charge in [-0.1, -0.05) is 83.4 Å². The van der Waals surface area contributed by atoms with Gasteiger partial charge in [0.25, 0.3) is 0 Å². The number of imidazole rings is 1. The molecule has 0 amide bonds. The van der Waals surface area contributed by atoms with Crippen LogP contribution in [0, 0.1) is 62.3 Å². The van der Waals surface area contributed by atoms with Crippen LogP contribution in [0.4, 0.5) is 0 Å². The number of nitrogens with zero attached hydrogens (tertiary/aromatic N) is 2. The minimum absolute atomic E-state index is 0.943. The second kappa shape index (κ2) is 12.1. The summed E-state index contributed by atoms with van der Waals surface area (Å²) in [6.07, 6.45) is 0. The molecule has 2 nitrogen and oxygen atoms in total. The average Bonchev–Trinajstić information content (AvgIpc) is 3.41. The van der Waals surface area contributed by atoms with Crippen LogP contribution >= 0.6 is 0 Å². The van der Waals surface area contributed by atoms with Crippen molar-refractivity contribution in [2.45, 2.75) is 62.3 Å². The summed E-state index contributed by atoms with van der Waals surface area (Å²) in [6, 6.07) is 37.9. The summed E-state index contributed by atoms with van der Waals surface area (Å²) in [5, 5.41) is 0. The first-order valence-corrected chi connectivity index (χ1v) is 17.0. The lowest BCUT2D eigenvalue weighted by Crippen LogP contribution is -2.03. The fourth-order valence-corrected chi connectivity index (χ4v) is 8.28. The van der Waals surface area contributed by atoms with E-state index >= 15 is 0 Å². The fraction of sp³-hybridized carbons (Fsp3) is 0.196. The Morgan fingerprint density at radius 3 is 1.31 bits per heavy atom. The summed E-state index contributed by atoms with van der Waals surface area (Å²) in [5.74, 6) is 0.943. The Kier molecular flexibility index (Phi) is 7.92. The first kappa shape index (κ1) is 31.4. The molecule has 6 aromatic carbocycles. The minimum Gasteiger partial charge on any atom is -0.292 e. The number of rotatable bonds is 5. The molecule has 2 heteroatoms. The predicted octanol–water partition coefficient (Wildman–Crippen LogP) is 12.5. The normalized spacial score (nSPS) is 11.4. The molecule has 0 aliphatic carbocycles. The third-order valence-corrected chi connectivity index (χ3v) is 9.79. The molecule has 0 N–H and O–H groups in total. The van der Waals surface area contributed by atoms with Gasteiger partial charge in [0.1, 0.15) is 5.82 Å². The molecule has 0 unspecified atom stereocenters. The summed E-state index contributed by atoms with van der Waals surface area (Å²) in [6.45, 7) is 20.2. The van der Waals surface area contributed by atoms with Crippen molar-refractivity contribution >= 4 is 11.0 Å². The van der Waals surface area contributed by atoms with Crippen LogP contribution in [0.3, 0.4) is 0 Å². The molecule has 0 radical (unpaired) electrons. The summed E-state index contributed by atoms with van der Waals surface area (Å²) in [5.41, 5.74) is 23.6. The fourth-order valence-electron chi connectivity index (χ4n) is 8.28. The molecule has 0 spiro atoms. The molecular weight excluding hydrogens is 581 g/mol. The van der Waals surface area contributed by atoms with Gasteiger partial charge >= 0.3 is 0 Å². The van der Waals surface area contributed by atoms with Gasteiger partial charge < -0.3 is 0 Å². The van der Waals surface area contributed by atoms with Crippen molar-refractivity contribution in [3.05, 3.63) is 153 Å². The van der Waals surface area contributed by atoms with Gasteiger partial charge in [-0.15, -0.1) is 0 Å². The van der Waals surface area contributed by atoms with E-state index in [-0.39, 0.29) is 0 Å². The van der Waals surface area contributed by atoms with Crippen LogP contribution in [0.15, 0.2) is 103 Å². The molecule has 0 saturated heterocycles. The van der Waals surface area contributed by atoms with E-state index in [1.807, 2.05) is 0 Å². The van der Waals surface area contributed by atoms with E-state index in [1.165, 1.54) is 83.5 Å². The highest BCUT2D eigenvalue weighted by Crippen LogP contribution is 2.49. The predicted molar refractivity (Wildman–Crippen MR) is 205 cm³/mol. The first-order valence-electron chi connectivity index (χ1n) is 17.0. The summed E-state index contributed by atoms with van der Waals surface area (Å²) in [4.78, 5) is 5.36. The molecule has 0 fully saturated rings. The molecule has 0 aliphatic heterocycles. The largest absolute Gasteiger partial charge is 0.292 e. The molecule has 0 bridgehead atoms. The van der Waals surface area contributed by atoms with Gasteiger partial charge in [0, 0.05) is 11.3 Å². The van der Waals surface area contributed by atoms with Crippen molar-refractivity contribution in [2.75, 3.05) is 0 Å². The van der Waals surface area contributed by atoms with E-state index in [9.17, 15) is 0 Å². The van der Waals surface area contributed by atoms with Crippen molar-refractivity contribution < 1.29 is 0 Å². The monoisotopic (exact) mass is 624 g/mol. The smallest absolute Gasteiger partial charge is 0.145 e. The maximum absolute atomic E-state index is 5.36. The van der Waals surface area contributed by atoms with Gasteiger partial charge in [0.15, 0.2) is 0 Å². The molecule has 1 heterocycles. The second-order valence-electron chi connectivity index (χ2n) is 13.9. The quantitative estimate of drug-likeness (QED) is 0.186. The van der Waals surface area contributed by atoms with Crippen LogP contribution in [0.1, 0.15) is 50.1 Å². The molecule has 0 saturated carbocycles. The Morgan fingerprint density at radius 2 is 0.833 bits per heavy atom. The number of fused-ring (bicyclic) bond motifs is 1. The highest BCUT2D eigenvalue weighted by atomic mass is 15.1. The van der Waals surface area contributed by atoms with E-state index < -0.39 is 0 Å². The van der Waals surface area contributed by atoms with Crippen LogP contribution < -0.4 is 0 Å². The molecule has 238 valence electrons. The van der Waals surface area contributed by atoms with Gasteiger partial charge in [0.05, 0.1) is 11.0 Å². The zero-order valence-electron chi connectivity index (χ0n) is 29.7. The maximum Gasteiger partial charge on any atom is 0.145 e. The average molecular weight is 625 g/mol. The lowest BCUT2D eigenvalue weighted by atomic mass is 9.79. The van der Waals surface area contributed by atoms with Gasteiger partial charge in [-0.25, -0.2) is 4.98 Å². The third-order valence-electron chi connectivity index (χ3n) is 9.79. The number of hydrogen-bond acceptors (Lipinski definition) is 1. The van der Waals surface area contributed by atoms with Gasteiger partial charge in [-0.05, 0) is 165 Å². The van der Waals surface area contributed by atoms with Crippen LogP contribution in [-0.2, 0) is 0 Å². The summed E-state index contributed by atoms with van der Waals surface area (Å²) in [7, 11) is 0. The van der Waals surface area contributed by atoms with Crippen molar-refractivity contribution in [1.29, 1.82) is 0 Å². The molecule has 1 aromatic heterocycles. The van der Waals surface area contributed by atoms with Crippen molar-refractivity contribution in [1.82, 2.24) is 9.55 Å². The Hall–Kier alpha value is -5.21. The second-order valence-corrected chi connectivity index (χ2v) is 13.9. The van der Waals surface area contributed by atoms with Crippen molar-refractivity contribution in [2.24, 2.45) is 0 Å². The maximum atomic E-state index is 5.36. The van der Waals surface area contributed by atoms with Gasteiger partial charge in [-0.2, -0.15) is 0 Å². The van der Waals surface area contributed by atoms with E-state index in [0.29, 0.717) is 0 Å². The minimum atomic E-state index is 0.943. The zero-order chi connectivity index (χ0) is 33.9. The number of para-hydroxylation sites is 3. The van der Waals surface area contributed by atoms with Crippen LogP contribution in [0.25, 0.3) is 61.5 Å². The van der Waals surface area contributed by atoms with Crippen molar-refractivity contribution in [3.8, 4) is 50.5 Å². The van der Waals surface area contributed by atoms with Gasteiger partial charge in [-0.3, -0.25) is 4.57 Å². The first-order chi connectivity index (χ1) is 23.0. The standard InChI is InChI=1S/C46H44N2/c1-27-19-30(4)42(31(5)20-27)38-25-36(46-47-40-17-13-14-18-41(40)48(46)37-15-11-10-12-16-37)26-39(43-32(6)21-28(2)22-33(43)7)45(38)44-34(8)23-29(3)24-35(44)9/h10-26H,1-9H3. The zero-order valence-corrected chi connectivity index (χ0v) is 29.7. The Balaban J connectivity index is 1.71. The Labute approximate surface area is 285 Å². The summed E-state index contributed by atoms with van der Waals surface area (Å²) >= 11 is 0. The Bertz CT molecular complexity index is 2220. The highest BCUT2D eigenvalue weighted by Gasteiger charge is 2.25. The van der Waals surface area contributed by atoms with Crippen LogP contribution in [0.2, 0.25) is 0 Å². The number of hydrogen-bond donors (Lipinski definition) is 0. The van der Waals surface area contributed by atoms with Gasteiger partial charge in [0.2, 0.25) is 0 Å². The number of aromatic nitrogens is 2. The van der Waals surface area contributed by atoms with Crippen LogP contribution in [0.5, 0.6) is 0 Å². The van der Waals surface area contributed by atoms with E-state index in [0.717, 1.165) is 28.1 Å². The highest BCUT2D eigenvalue weighted by molar-refractivity contribution is 6.01. The van der Waals surface area contributed by atoms with Crippen molar-refractivity contribution in [3.63, 3.8) is 0 Å². The molecular formula is C46H44N2. The topological polar surface area (TPSA) is 17.8 Å². The molecule has 0 aliphatic rings. The SMILES string of the molecule is Cc1cc(C)c(-c2cc(-c3nc4ccccc4n3-c3ccccc3)cc(-c3c(C)cc(C)cc3C)c2-c2c(C)cc(C)cc2C)c(C)c1. The Morgan fingerprint density at radius 1 is 0.417 bits per heavy atom. The van der Waals surface area contributed by atoms with Crippen LogP contribution in [-0.4, -0.2) is 9.55 Å². The molecule has 0 atom stereocenters. The number of benzene rings is 6. The summed E-state index contributed by atoms with van der Waals surface area (Å²) < 4.78 is 2.32. The molecule has 7 rings (SSSR count). The number of aryl methyl sites for hydroxylation is 9. The van der Waals surface area contributed by atoms with E-state index in [1.54, 1.807) is 0 Å². The third kappa shape index (κ3) is 5.36. The van der Waals surface area contributed by atoms with E-state index in [2.05, 4.69) is 170 Å². The molecule has 7 aromatic rings. The lowest BCUT2D eigenvalue weighted by molar-refractivity contribution is 1.10.